The first-order valence-corrected chi connectivity index (χ1v) is 4.88. The number of halogens is 3. The Morgan fingerprint density at radius 2 is 2.20 bits per heavy atom. The number of carbonyl (C=O) groups is 1. The lowest BCUT2D eigenvalue weighted by Crippen LogP contribution is -2.12. The van der Waals surface area contributed by atoms with Crippen molar-refractivity contribution in [1.82, 2.24) is 0 Å². The van der Waals surface area contributed by atoms with Crippen molar-refractivity contribution in [2.45, 2.75) is 6.92 Å². The molecule has 0 aliphatic heterocycles. The number of benzene rings is 1. The summed E-state index contributed by atoms with van der Waals surface area (Å²) < 4.78 is 30.9. The van der Waals surface area contributed by atoms with E-state index >= 15 is 0 Å². The number of nitrogens with two attached hydrogens (primary N) is 1. The van der Waals surface area contributed by atoms with Crippen LogP contribution in [0.25, 0.3) is 0 Å². The van der Waals surface area contributed by atoms with Crippen molar-refractivity contribution in [3.8, 4) is 0 Å². The third-order valence-electron chi connectivity index (χ3n) is 1.69. The maximum absolute atomic E-state index is 13.4. The van der Waals surface area contributed by atoms with Gasteiger partial charge >= 0.3 is 5.97 Å². The van der Waals surface area contributed by atoms with Gasteiger partial charge in [-0.3, -0.25) is 0 Å². The molecule has 0 aromatic heterocycles. The molecule has 0 heterocycles. The average molecular weight is 280 g/mol. The van der Waals surface area contributed by atoms with E-state index in [4.69, 9.17) is 5.73 Å². The van der Waals surface area contributed by atoms with Crippen molar-refractivity contribution in [2.75, 3.05) is 12.3 Å². The highest BCUT2D eigenvalue weighted by Crippen LogP contribution is 2.27. The third kappa shape index (κ3) is 2.26. The number of rotatable bonds is 2. The summed E-state index contributed by atoms with van der Waals surface area (Å²) in [4.78, 5) is 11.3. The molecule has 0 bridgehead atoms. The Balaban J connectivity index is 3.32. The monoisotopic (exact) mass is 279 g/mol. The molecule has 0 saturated carbocycles. The van der Waals surface area contributed by atoms with Crippen LogP contribution in [-0.4, -0.2) is 12.6 Å². The lowest BCUT2D eigenvalue weighted by atomic mass is 10.1. The molecule has 0 aliphatic rings. The number of ether oxygens (including phenoxy) is 1. The van der Waals surface area contributed by atoms with Crippen molar-refractivity contribution in [3.63, 3.8) is 0 Å². The van der Waals surface area contributed by atoms with E-state index in [1.54, 1.807) is 6.92 Å². The molecule has 0 aliphatic carbocycles. The van der Waals surface area contributed by atoms with Crippen molar-refractivity contribution in [1.29, 1.82) is 0 Å². The Morgan fingerprint density at radius 1 is 1.60 bits per heavy atom. The van der Waals surface area contributed by atoms with Crippen LogP contribution in [0.3, 0.4) is 0 Å². The van der Waals surface area contributed by atoms with Gasteiger partial charge in [-0.05, 0) is 28.9 Å². The zero-order valence-corrected chi connectivity index (χ0v) is 9.40. The molecule has 0 radical (unpaired) electrons. The highest BCUT2D eigenvalue weighted by Gasteiger charge is 2.22. The first-order valence-electron chi connectivity index (χ1n) is 4.09. The van der Waals surface area contributed by atoms with E-state index in [2.05, 4.69) is 20.7 Å². The van der Waals surface area contributed by atoms with Gasteiger partial charge in [0, 0.05) is 0 Å². The van der Waals surface area contributed by atoms with Crippen LogP contribution in [0.2, 0.25) is 0 Å². The fourth-order valence-electron chi connectivity index (χ4n) is 1.01. The maximum atomic E-state index is 13.4. The molecular formula is C9H8BrF2NO2. The van der Waals surface area contributed by atoms with E-state index in [9.17, 15) is 13.6 Å². The molecule has 2 N–H and O–H groups in total. The summed E-state index contributed by atoms with van der Waals surface area (Å²) in [6.45, 7) is 1.62. The first-order chi connectivity index (χ1) is 6.99. The zero-order chi connectivity index (χ0) is 11.6. The van der Waals surface area contributed by atoms with E-state index in [0.29, 0.717) is 0 Å². The van der Waals surface area contributed by atoms with E-state index in [-0.39, 0.29) is 11.1 Å². The maximum Gasteiger partial charge on any atom is 0.343 e. The average Bonchev–Trinajstić information content (AvgIpc) is 2.16. The predicted molar refractivity (Wildman–Crippen MR) is 54.4 cm³/mol. The largest absolute Gasteiger partial charge is 0.462 e. The SMILES string of the molecule is CCOC(=O)c1c(N)c(F)cc(Br)c1F. The summed E-state index contributed by atoms with van der Waals surface area (Å²) in [5, 5.41) is 0. The summed E-state index contributed by atoms with van der Waals surface area (Å²) in [6.07, 6.45) is 0. The summed E-state index contributed by atoms with van der Waals surface area (Å²) in [5.74, 6) is -2.77. The van der Waals surface area contributed by atoms with Gasteiger partial charge in [0.2, 0.25) is 0 Å². The number of carbonyl (C=O) groups excluding carboxylic acids is 1. The van der Waals surface area contributed by atoms with Crippen LogP contribution in [0.5, 0.6) is 0 Å². The summed E-state index contributed by atoms with van der Waals surface area (Å²) in [7, 11) is 0. The number of anilines is 1. The second kappa shape index (κ2) is 4.57. The predicted octanol–water partition coefficient (Wildman–Crippen LogP) is 2.49. The number of hydrogen-bond donors (Lipinski definition) is 1. The Bertz CT molecular complexity index is 383. The molecule has 0 amide bonds. The normalized spacial score (nSPS) is 10.1. The Hall–Kier alpha value is -1.17. The quantitative estimate of drug-likeness (QED) is 0.514. The summed E-state index contributed by atoms with van der Waals surface area (Å²) in [5.41, 5.74) is 4.12. The van der Waals surface area contributed by atoms with Crippen LogP contribution in [0, 0.1) is 11.6 Å². The van der Waals surface area contributed by atoms with Gasteiger partial charge in [-0.25, -0.2) is 13.6 Å². The van der Waals surface area contributed by atoms with E-state index in [1.165, 1.54) is 0 Å². The van der Waals surface area contributed by atoms with Crippen molar-refractivity contribution < 1.29 is 18.3 Å². The first kappa shape index (κ1) is 11.9. The highest BCUT2D eigenvalue weighted by molar-refractivity contribution is 9.10. The van der Waals surface area contributed by atoms with Gasteiger partial charge in [0.05, 0.1) is 16.8 Å². The summed E-state index contributed by atoms with van der Waals surface area (Å²) >= 11 is 2.77. The molecule has 82 valence electrons. The number of esters is 1. The lowest BCUT2D eigenvalue weighted by molar-refractivity contribution is 0.0521. The topological polar surface area (TPSA) is 52.3 Å². The van der Waals surface area contributed by atoms with Crippen molar-refractivity contribution in [2.24, 2.45) is 0 Å². The van der Waals surface area contributed by atoms with Crippen molar-refractivity contribution in [3.05, 3.63) is 27.7 Å². The molecule has 0 saturated heterocycles. The molecule has 1 rings (SSSR count). The van der Waals surface area contributed by atoms with Gasteiger partial charge in [0.25, 0.3) is 0 Å². The van der Waals surface area contributed by atoms with Gasteiger partial charge in [0.15, 0.2) is 5.82 Å². The Kier molecular flexibility index (Phi) is 3.62. The molecule has 0 fully saturated rings. The van der Waals surface area contributed by atoms with Gasteiger partial charge in [-0.15, -0.1) is 0 Å². The van der Waals surface area contributed by atoms with Gasteiger partial charge in [0.1, 0.15) is 11.4 Å². The minimum Gasteiger partial charge on any atom is -0.462 e. The fourth-order valence-corrected chi connectivity index (χ4v) is 1.41. The molecule has 0 spiro atoms. The van der Waals surface area contributed by atoms with Crippen LogP contribution in [0.15, 0.2) is 10.5 Å². The summed E-state index contributed by atoms with van der Waals surface area (Å²) in [6, 6.07) is 0.855. The van der Waals surface area contributed by atoms with Gasteiger partial charge < -0.3 is 10.5 Å². The van der Waals surface area contributed by atoms with Gasteiger partial charge in [-0.1, -0.05) is 0 Å². The van der Waals surface area contributed by atoms with Crippen LogP contribution in [0.4, 0.5) is 14.5 Å². The molecule has 0 unspecified atom stereocenters. The van der Waals surface area contributed by atoms with Gasteiger partial charge in [-0.2, -0.15) is 0 Å². The number of hydrogen-bond acceptors (Lipinski definition) is 3. The Morgan fingerprint density at radius 3 is 2.73 bits per heavy atom. The molecule has 15 heavy (non-hydrogen) atoms. The number of nitrogen functional groups attached to an aromatic ring is 1. The van der Waals surface area contributed by atoms with E-state index in [0.717, 1.165) is 6.07 Å². The molecular weight excluding hydrogens is 272 g/mol. The minimum absolute atomic E-state index is 0.0614. The van der Waals surface area contributed by atoms with Crippen molar-refractivity contribution >= 4 is 27.6 Å². The van der Waals surface area contributed by atoms with Crippen LogP contribution in [0.1, 0.15) is 17.3 Å². The Labute approximate surface area is 93.3 Å². The van der Waals surface area contributed by atoms with E-state index < -0.39 is 28.9 Å². The molecule has 6 heteroatoms. The second-order valence-electron chi connectivity index (χ2n) is 2.66. The van der Waals surface area contributed by atoms with E-state index in [1.807, 2.05) is 0 Å². The molecule has 0 atom stereocenters. The van der Waals surface area contributed by atoms with Crippen LogP contribution < -0.4 is 5.73 Å². The molecule has 1 aromatic rings. The standard InChI is InChI=1S/C9H8BrF2NO2/c1-2-15-9(14)6-7(12)4(10)3-5(11)8(6)13/h3H,2,13H2,1H3. The minimum atomic E-state index is -0.979. The third-order valence-corrected chi connectivity index (χ3v) is 2.27. The molecule has 3 nitrogen and oxygen atoms in total. The lowest BCUT2D eigenvalue weighted by Gasteiger charge is -2.08. The second-order valence-corrected chi connectivity index (χ2v) is 3.52. The highest BCUT2D eigenvalue weighted by atomic mass is 79.9. The molecule has 1 aromatic carbocycles. The van der Waals surface area contributed by atoms with Crippen LogP contribution in [-0.2, 0) is 4.74 Å². The smallest absolute Gasteiger partial charge is 0.343 e. The fraction of sp³-hybridized carbons (Fsp3) is 0.222. The van der Waals surface area contributed by atoms with Crippen LogP contribution >= 0.6 is 15.9 Å². The zero-order valence-electron chi connectivity index (χ0n) is 7.81.